The molecule has 7 atom stereocenters. The second-order valence-electron chi connectivity index (χ2n) is 9.96. The SMILES string of the molecule is C=CC[C@H]1CC(=O)[C@H]2[C@@H]([C@@H]1O)[C@]1(c3ccc(OC)cc3)C=C[C@]23CCCC[C@@]31C. The van der Waals surface area contributed by atoms with Gasteiger partial charge < -0.3 is 9.84 Å². The number of hydrogen-bond acceptors (Lipinski definition) is 3. The standard InChI is InChI=1S/C26H32O3/c1-4-7-17-16-20(27)21-22(23(17)28)26(18-8-10-19(29-3)11-9-18)15-14-25(21)13-6-5-12-24(25,26)2/h4,8-11,14-15,17,21-23,28H,1,5-7,12-13,16H2,2-3H3/t17-,21-,22-,23+,24-,25+,26+/m0/s1. The third-order valence-electron chi connectivity index (χ3n) is 9.24. The van der Waals surface area contributed by atoms with Crippen LogP contribution in [0, 0.1) is 28.6 Å². The molecule has 3 fully saturated rings. The van der Waals surface area contributed by atoms with Crippen LogP contribution in [0.2, 0.25) is 0 Å². The molecule has 0 unspecified atom stereocenters. The van der Waals surface area contributed by atoms with Gasteiger partial charge in [-0.15, -0.1) is 6.58 Å². The predicted molar refractivity (Wildman–Crippen MR) is 114 cm³/mol. The van der Waals surface area contributed by atoms with E-state index in [1.807, 2.05) is 18.2 Å². The van der Waals surface area contributed by atoms with Crippen LogP contribution in [0.15, 0.2) is 49.1 Å². The zero-order valence-corrected chi connectivity index (χ0v) is 17.6. The molecule has 154 valence electrons. The number of methoxy groups -OCH3 is 1. The van der Waals surface area contributed by atoms with Crippen LogP contribution in [-0.2, 0) is 10.2 Å². The first-order valence-electron chi connectivity index (χ1n) is 11.1. The zero-order chi connectivity index (χ0) is 20.4. The molecule has 3 heteroatoms. The van der Waals surface area contributed by atoms with Crippen molar-refractivity contribution in [3.05, 3.63) is 54.6 Å². The van der Waals surface area contributed by atoms with Crippen molar-refractivity contribution in [2.45, 2.75) is 57.0 Å². The molecule has 4 aliphatic rings. The van der Waals surface area contributed by atoms with Crippen molar-refractivity contribution in [1.29, 1.82) is 0 Å². The predicted octanol–water partition coefficient (Wildman–Crippen LogP) is 4.84. The highest BCUT2D eigenvalue weighted by atomic mass is 16.5. The number of Topliss-reactive ketones (excluding diaryl/α,β-unsaturated/α-hetero) is 1. The lowest BCUT2D eigenvalue weighted by Crippen LogP contribution is -2.52. The molecule has 0 aromatic heterocycles. The van der Waals surface area contributed by atoms with Crippen LogP contribution in [-0.4, -0.2) is 24.1 Å². The maximum atomic E-state index is 13.6. The Morgan fingerprint density at radius 3 is 2.62 bits per heavy atom. The van der Waals surface area contributed by atoms with Gasteiger partial charge in [0.1, 0.15) is 11.5 Å². The quantitative estimate of drug-likeness (QED) is 0.746. The summed E-state index contributed by atoms with van der Waals surface area (Å²) in [4.78, 5) is 13.6. The molecule has 0 spiro atoms. The molecule has 3 saturated carbocycles. The summed E-state index contributed by atoms with van der Waals surface area (Å²) in [7, 11) is 1.69. The smallest absolute Gasteiger partial charge is 0.137 e. The fourth-order valence-corrected chi connectivity index (χ4v) is 8.06. The van der Waals surface area contributed by atoms with Gasteiger partial charge in [-0.05, 0) is 48.3 Å². The largest absolute Gasteiger partial charge is 0.497 e. The molecule has 0 aliphatic heterocycles. The molecule has 29 heavy (non-hydrogen) atoms. The molecule has 1 N–H and O–H groups in total. The van der Waals surface area contributed by atoms with Gasteiger partial charge >= 0.3 is 0 Å². The maximum Gasteiger partial charge on any atom is 0.137 e. The Kier molecular flexibility index (Phi) is 4.16. The monoisotopic (exact) mass is 392 g/mol. The van der Waals surface area contributed by atoms with Crippen LogP contribution < -0.4 is 4.74 Å². The zero-order valence-electron chi connectivity index (χ0n) is 17.6. The van der Waals surface area contributed by atoms with Crippen molar-refractivity contribution in [3.8, 4) is 5.75 Å². The Hall–Kier alpha value is -1.87. The first-order chi connectivity index (χ1) is 13.9. The summed E-state index contributed by atoms with van der Waals surface area (Å²) < 4.78 is 5.40. The van der Waals surface area contributed by atoms with Crippen molar-refractivity contribution in [2.75, 3.05) is 7.11 Å². The van der Waals surface area contributed by atoms with E-state index < -0.39 is 6.10 Å². The summed E-state index contributed by atoms with van der Waals surface area (Å²) in [5.41, 5.74) is 0.758. The van der Waals surface area contributed by atoms with E-state index in [-0.39, 0.29) is 34.0 Å². The highest BCUT2D eigenvalue weighted by Crippen LogP contribution is 2.79. The number of aliphatic hydroxyl groups excluding tert-OH is 1. The van der Waals surface area contributed by atoms with E-state index in [2.05, 4.69) is 37.8 Å². The van der Waals surface area contributed by atoms with Gasteiger partial charge in [-0.2, -0.15) is 0 Å². The summed E-state index contributed by atoms with van der Waals surface area (Å²) in [6.07, 6.45) is 11.8. The van der Waals surface area contributed by atoms with Crippen molar-refractivity contribution in [1.82, 2.24) is 0 Å². The van der Waals surface area contributed by atoms with Gasteiger partial charge in [0, 0.05) is 29.1 Å². The highest BCUT2D eigenvalue weighted by Gasteiger charge is 2.78. The Bertz CT molecular complexity index is 870. The number of hydrogen-bond donors (Lipinski definition) is 1. The molecular formula is C26H32O3. The molecule has 0 radical (unpaired) electrons. The Labute approximate surface area is 173 Å². The summed E-state index contributed by atoms with van der Waals surface area (Å²) >= 11 is 0. The van der Waals surface area contributed by atoms with Crippen LogP contribution in [0.4, 0.5) is 0 Å². The van der Waals surface area contributed by atoms with E-state index >= 15 is 0 Å². The minimum Gasteiger partial charge on any atom is -0.497 e. The van der Waals surface area contributed by atoms with Crippen molar-refractivity contribution in [2.24, 2.45) is 28.6 Å². The van der Waals surface area contributed by atoms with Crippen LogP contribution in [0.25, 0.3) is 0 Å². The molecule has 3 nitrogen and oxygen atoms in total. The number of carbonyl (C=O) groups is 1. The van der Waals surface area contributed by atoms with Crippen LogP contribution >= 0.6 is 0 Å². The fraction of sp³-hybridized carbons (Fsp3) is 0.577. The molecule has 0 amide bonds. The Morgan fingerprint density at radius 2 is 1.93 bits per heavy atom. The van der Waals surface area contributed by atoms with Crippen LogP contribution in [0.5, 0.6) is 5.75 Å². The van der Waals surface area contributed by atoms with E-state index in [0.29, 0.717) is 18.6 Å². The number of ketones is 1. The van der Waals surface area contributed by atoms with E-state index in [9.17, 15) is 9.90 Å². The second kappa shape index (κ2) is 6.31. The summed E-state index contributed by atoms with van der Waals surface area (Å²) in [6.45, 7) is 6.28. The van der Waals surface area contributed by atoms with Crippen LogP contribution in [0.3, 0.4) is 0 Å². The van der Waals surface area contributed by atoms with Crippen molar-refractivity contribution in [3.63, 3.8) is 0 Å². The minimum atomic E-state index is -0.484. The normalized spacial score (nSPS) is 45.0. The molecule has 2 bridgehead atoms. The lowest BCUT2D eigenvalue weighted by atomic mass is 9.52. The number of rotatable bonds is 4. The first-order valence-corrected chi connectivity index (χ1v) is 11.1. The average Bonchev–Trinajstić information content (AvgIpc) is 3.12. The van der Waals surface area contributed by atoms with Crippen molar-refractivity contribution < 1.29 is 14.6 Å². The van der Waals surface area contributed by atoms with E-state index in [4.69, 9.17) is 4.74 Å². The number of carbonyl (C=O) groups excluding carboxylic acids is 1. The molecule has 5 rings (SSSR count). The number of benzene rings is 1. The van der Waals surface area contributed by atoms with Gasteiger partial charge in [0.15, 0.2) is 0 Å². The average molecular weight is 393 g/mol. The van der Waals surface area contributed by atoms with Gasteiger partial charge in [0.25, 0.3) is 0 Å². The van der Waals surface area contributed by atoms with Gasteiger partial charge in [-0.25, -0.2) is 0 Å². The van der Waals surface area contributed by atoms with Gasteiger partial charge in [0.2, 0.25) is 0 Å². The number of allylic oxidation sites excluding steroid dienone is 3. The minimum absolute atomic E-state index is 0.0221. The van der Waals surface area contributed by atoms with E-state index in [0.717, 1.165) is 18.6 Å². The number of ether oxygens (including phenoxy) is 1. The van der Waals surface area contributed by atoms with Crippen molar-refractivity contribution >= 4 is 5.78 Å². The fourth-order valence-electron chi connectivity index (χ4n) is 8.06. The van der Waals surface area contributed by atoms with E-state index in [1.165, 1.54) is 18.4 Å². The third kappa shape index (κ3) is 2.10. The number of aliphatic hydroxyl groups is 1. The molecule has 1 aromatic rings. The highest BCUT2D eigenvalue weighted by molar-refractivity contribution is 5.86. The first kappa shape index (κ1) is 19.1. The summed E-state index contributed by atoms with van der Waals surface area (Å²) in [5.74, 6) is 1.05. The molecule has 0 heterocycles. The number of fused-ring (bicyclic) bond motifs is 2. The lowest BCUT2D eigenvalue weighted by Gasteiger charge is -2.50. The summed E-state index contributed by atoms with van der Waals surface area (Å²) in [5, 5.41) is 11.6. The Balaban J connectivity index is 1.73. The second-order valence-corrected chi connectivity index (χ2v) is 9.96. The van der Waals surface area contributed by atoms with Crippen LogP contribution in [0.1, 0.15) is 51.0 Å². The molecular weight excluding hydrogens is 360 g/mol. The lowest BCUT2D eigenvalue weighted by molar-refractivity contribution is -0.140. The van der Waals surface area contributed by atoms with Gasteiger partial charge in [0.05, 0.1) is 13.2 Å². The van der Waals surface area contributed by atoms with Gasteiger partial charge in [-0.1, -0.05) is 50.1 Å². The summed E-state index contributed by atoms with van der Waals surface area (Å²) in [6, 6.07) is 8.37. The topological polar surface area (TPSA) is 46.5 Å². The molecule has 4 aliphatic carbocycles. The maximum absolute atomic E-state index is 13.6. The molecule has 1 aromatic carbocycles. The third-order valence-corrected chi connectivity index (χ3v) is 9.24. The van der Waals surface area contributed by atoms with Gasteiger partial charge in [-0.3, -0.25) is 4.79 Å². The Morgan fingerprint density at radius 1 is 1.21 bits per heavy atom. The van der Waals surface area contributed by atoms with E-state index in [1.54, 1.807) is 7.11 Å². The molecule has 0 saturated heterocycles.